The fourth-order valence-electron chi connectivity index (χ4n) is 4.98. The van der Waals surface area contributed by atoms with E-state index in [0.29, 0.717) is 11.1 Å². The molecule has 0 bridgehead atoms. The van der Waals surface area contributed by atoms with Gasteiger partial charge in [-0.15, -0.1) is 0 Å². The van der Waals surface area contributed by atoms with E-state index in [4.69, 9.17) is 0 Å². The van der Waals surface area contributed by atoms with Gasteiger partial charge in [0.05, 0.1) is 47.4 Å². The highest BCUT2D eigenvalue weighted by atomic mass is 19.4. The predicted octanol–water partition coefficient (Wildman–Crippen LogP) is 4.57. The predicted molar refractivity (Wildman–Crippen MR) is 145 cm³/mol. The molecule has 2 saturated heterocycles. The van der Waals surface area contributed by atoms with E-state index in [1.165, 1.54) is 48.5 Å². The minimum atomic E-state index is -4.47. The summed E-state index contributed by atoms with van der Waals surface area (Å²) in [6, 6.07) is 12.7. The number of carbonyl (C=O) groups excluding carboxylic acids is 4. The van der Waals surface area contributed by atoms with Gasteiger partial charge in [-0.2, -0.15) is 26.3 Å². The minimum absolute atomic E-state index is 0.0574. The van der Waals surface area contributed by atoms with Crippen LogP contribution in [0.25, 0.3) is 0 Å². The number of amides is 4. The van der Waals surface area contributed by atoms with Crippen molar-refractivity contribution in [1.29, 1.82) is 0 Å². The molecule has 4 amide bonds. The van der Waals surface area contributed by atoms with E-state index in [-0.39, 0.29) is 37.3 Å². The second-order valence-electron chi connectivity index (χ2n) is 10.3. The monoisotopic (exact) mass is 618 g/mol. The van der Waals surface area contributed by atoms with Gasteiger partial charge in [-0.1, -0.05) is 24.3 Å². The lowest BCUT2D eigenvalue weighted by Crippen LogP contribution is -2.39. The Labute approximate surface area is 246 Å². The molecule has 2 heterocycles. The summed E-state index contributed by atoms with van der Waals surface area (Å²) < 4.78 is 76.7. The van der Waals surface area contributed by atoms with Crippen LogP contribution in [0.15, 0.2) is 72.8 Å². The van der Waals surface area contributed by atoms with Crippen molar-refractivity contribution in [3.05, 3.63) is 95.1 Å². The van der Waals surface area contributed by atoms with E-state index >= 15 is 0 Å². The Balaban J connectivity index is 1.18. The van der Waals surface area contributed by atoms with E-state index in [1.54, 1.807) is 0 Å². The smallest absolute Gasteiger partial charge is 0.301 e. The summed E-state index contributed by atoms with van der Waals surface area (Å²) in [6.45, 7) is 0.115. The molecule has 0 aromatic heterocycles. The molecule has 0 radical (unpaired) electrons. The van der Waals surface area contributed by atoms with Crippen LogP contribution in [-0.2, 0) is 44.6 Å². The average Bonchev–Trinajstić information content (AvgIpc) is 3.42. The molecule has 0 unspecified atom stereocenters. The van der Waals surface area contributed by atoms with Gasteiger partial charge in [-0.25, -0.2) is 9.80 Å². The van der Waals surface area contributed by atoms with Crippen molar-refractivity contribution < 1.29 is 45.5 Å². The van der Waals surface area contributed by atoms with Crippen LogP contribution < -0.4 is 20.4 Å². The van der Waals surface area contributed by atoms with Crippen LogP contribution in [-0.4, -0.2) is 35.7 Å². The van der Waals surface area contributed by atoms with Gasteiger partial charge in [0.25, 0.3) is 11.8 Å². The van der Waals surface area contributed by atoms with E-state index in [0.717, 1.165) is 34.1 Å². The van der Waals surface area contributed by atoms with Crippen LogP contribution in [0.4, 0.5) is 37.7 Å². The lowest BCUT2D eigenvalue weighted by molar-refractivity contribution is -0.138. The third kappa shape index (κ3) is 6.50. The molecular formula is C30H24F6N4O4. The Morgan fingerprint density at radius 2 is 0.864 bits per heavy atom. The Kier molecular flexibility index (Phi) is 8.32. The van der Waals surface area contributed by atoms with Crippen molar-refractivity contribution >= 4 is 35.0 Å². The molecule has 3 aromatic rings. The largest absolute Gasteiger partial charge is 0.416 e. The lowest BCUT2D eigenvalue weighted by Gasteiger charge is -2.19. The summed E-state index contributed by atoms with van der Waals surface area (Å²) in [4.78, 5) is 53.2. The summed E-state index contributed by atoms with van der Waals surface area (Å²) in [5.41, 5.74) is -0.200. The normalized spacial score (nSPS) is 19.4. The third-order valence-corrected chi connectivity index (χ3v) is 7.33. The SMILES string of the molecule is O=C1C[C@H](NCc2ccc(C(F)(F)F)cc2)C(=O)N1c1ccc(N2C(=O)C[C@@H](NCc3ccc(C(F)(F)F)cc3)C2=O)cc1. The van der Waals surface area contributed by atoms with Crippen LogP contribution >= 0.6 is 0 Å². The van der Waals surface area contributed by atoms with Crippen LogP contribution in [0.2, 0.25) is 0 Å². The zero-order valence-electron chi connectivity index (χ0n) is 22.7. The number of nitrogens with zero attached hydrogens (tertiary/aromatic N) is 2. The highest BCUT2D eigenvalue weighted by Crippen LogP contribution is 2.31. The Morgan fingerprint density at radius 1 is 0.545 bits per heavy atom. The number of carbonyl (C=O) groups is 4. The molecule has 8 nitrogen and oxygen atoms in total. The second kappa shape index (κ2) is 11.8. The maximum absolute atomic E-state index is 13.0. The van der Waals surface area contributed by atoms with E-state index < -0.39 is 59.2 Å². The average molecular weight is 619 g/mol. The van der Waals surface area contributed by atoms with E-state index in [1.807, 2.05) is 0 Å². The fraction of sp³-hybridized carbons (Fsp3) is 0.267. The molecule has 3 aromatic carbocycles. The molecule has 5 rings (SSSR count). The van der Waals surface area contributed by atoms with Gasteiger partial charge in [0, 0.05) is 13.1 Å². The lowest BCUT2D eigenvalue weighted by atomic mass is 10.1. The molecule has 44 heavy (non-hydrogen) atoms. The summed E-state index contributed by atoms with van der Waals surface area (Å²) in [7, 11) is 0. The van der Waals surface area contributed by atoms with Crippen LogP contribution in [0.1, 0.15) is 35.1 Å². The van der Waals surface area contributed by atoms with Crippen LogP contribution in [0, 0.1) is 0 Å². The number of anilines is 2. The number of benzene rings is 3. The third-order valence-electron chi connectivity index (χ3n) is 7.33. The first kappa shape index (κ1) is 30.9. The second-order valence-corrected chi connectivity index (χ2v) is 10.3. The molecule has 2 fully saturated rings. The molecule has 2 aliphatic rings. The van der Waals surface area contributed by atoms with Crippen LogP contribution in [0.3, 0.4) is 0 Å². The van der Waals surface area contributed by atoms with Gasteiger partial charge in [-0.05, 0) is 59.7 Å². The molecule has 0 spiro atoms. The minimum Gasteiger partial charge on any atom is -0.301 e. The number of alkyl halides is 6. The van der Waals surface area contributed by atoms with E-state index in [9.17, 15) is 45.5 Å². The molecule has 2 N–H and O–H groups in total. The Morgan fingerprint density at radius 3 is 1.16 bits per heavy atom. The summed E-state index contributed by atoms with van der Waals surface area (Å²) in [6.07, 6.45) is -9.28. The molecule has 0 saturated carbocycles. The van der Waals surface area contributed by atoms with Crippen molar-refractivity contribution in [2.24, 2.45) is 0 Å². The van der Waals surface area contributed by atoms with Gasteiger partial charge < -0.3 is 10.6 Å². The fourth-order valence-corrected chi connectivity index (χ4v) is 4.98. The zero-order valence-corrected chi connectivity index (χ0v) is 22.7. The topological polar surface area (TPSA) is 98.8 Å². The van der Waals surface area contributed by atoms with Crippen molar-refractivity contribution in [3.8, 4) is 0 Å². The van der Waals surface area contributed by atoms with Crippen molar-refractivity contribution in [1.82, 2.24) is 10.6 Å². The zero-order chi connectivity index (χ0) is 31.8. The molecule has 14 heteroatoms. The number of imide groups is 2. The number of hydrogen-bond donors (Lipinski definition) is 2. The number of rotatable bonds is 8. The van der Waals surface area contributed by atoms with E-state index in [2.05, 4.69) is 10.6 Å². The first-order valence-corrected chi connectivity index (χ1v) is 13.3. The number of halogens is 6. The van der Waals surface area contributed by atoms with Crippen molar-refractivity contribution in [3.63, 3.8) is 0 Å². The first-order chi connectivity index (χ1) is 20.7. The van der Waals surface area contributed by atoms with Gasteiger partial charge in [0.1, 0.15) is 0 Å². The highest BCUT2D eigenvalue weighted by Gasteiger charge is 2.41. The van der Waals surface area contributed by atoms with Gasteiger partial charge in [-0.3, -0.25) is 19.2 Å². The Hall–Kier alpha value is -4.56. The highest BCUT2D eigenvalue weighted by molar-refractivity contribution is 6.24. The standard InChI is InChI=1S/C30H24F6N4O4/c31-29(32,33)19-5-1-17(2-6-19)15-37-23-13-25(41)39(27(23)43)21-9-11-22(12-10-21)40-26(42)14-24(28(40)44)38-16-18-3-7-20(8-4-18)30(34,35)36/h1-12,23-24,37-38H,13-16H2/t23-,24+. The van der Waals surface area contributed by atoms with Crippen molar-refractivity contribution in [2.75, 3.05) is 9.80 Å². The maximum Gasteiger partial charge on any atom is 0.416 e. The Bertz CT molecular complexity index is 1450. The molecule has 230 valence electrons. The molecule has 2 atom stereocenters. The van der Waals surface area contributed by atoms with Gasteiger partial charge >= 0.3 is 12.4 Å². The molecular weight excluding hydrogens is 594 g/mol. The summed E-state index contributed by atoms with van der Waals surface area (Å²) in [5.74, 6) is -2.13. The van der Waals surface area contributed by atoms with Crippen LogP contribution in [0.5, 0.6) is 0 Å². The van der Waals surface area contributed by atoms with Gasteiger partial charge in [0.15, 0.2) is 0 Å². The van der Waals surface area contributed by atoms with Gasteiger partial charge in [0.2, 0.25) is 11.8 Å². The quantitative estimate of drug-likeness (QED) is 0.284. The van der Waals surface area contributed by atoms with Crippen molar-refractivity contribution in [2.45, 2.75) is 50.4 Å². The molecule has 0 aliphatic carbocycles. The summed E-state index contributed by atoms with van der Waals surface area (Å²) in [5, 5.41) is 5.79. The molecule has 2 aliphatic heterocycles. The number of hydrogen-bond acceptors (Lipinski definition) is 6. The summed E-state index contributed by atoms with van der Waals surface area (Å²) >= 11 is 0. The number of nitrogens with one attached hydrogen (secondary N) is 2. The first-order valence-electron chi connectivity index (χ1n) is 13.3. The maximum atomic E-state index is 13.0.